The highest BCUT2D eigenvalue weighted by Gasteiger charge is 2.49. The first-order chi connectivity index (χ1) is 19.0. The summed E-state index contributed by atoms with van der Waals surface area (Å²) < 4.78 is 1.46. The Morgan fingerprint density at radius 1 is 1.05 bits per heavy atom. The zero-order valence-electron chi connectivity index (χ0n) is 24.9. The molecule has 1 aliphatic carbocycles. The average molecular weight is 554 g/mol. The lowest BCUT2D eigenvalue weighted by Crippen LogP contribution is -2.60. The zero-order chi connectivity index (χ0) is 29.5. The van der Waals surface area contributed by atoms with Gasteiger partial charge in [0.15, 0.2) is 0 Å². The van der Waals surface area contributed by atoms with Crippen molar-refractivity contribution in [3.63, 3.8) is 0 Å². The quantitative estimate of drug-likeness (QED) is 0.536. The maximum atomic E-state index is 13.3. The van der Waals surface area contributed by atoms with E-state index in [2.05, 4.69) is 0 Å². The van der Waals surface area contributed by atoms with Crippen LogP contribution in [0.2, 0.25) is 0 Å². The van der Waals surface area contributed by atoms with E-state index in [0.29, 0.717) is 43.0 Å². The standard InChI is InChI=1S/C31H43N3O4.CH4O/c1-30(2)21-33(27(35)16-15-23-11-7-5-8-12-23)18-17-31(30,38)22-34-20-26(29(37)32(3)4)25(19-28(34)36)24-13-9-6-10-14-24;1-2/h6,9-10,13-14,19-20,23,38H,5,7-8,11-12,15-18,21-22H2,1-4H3;2H,1H3/t31-;/m1./s1. The molecule has 0 unspecified atom stereocenters. The number of carbonyl (C=O) groups excluding carboxylic acids is 2. The zero-order valence-corrected chi connectivity index (χ0v) is 24.9. The lowest BCUT2D eigenvalue weighted by Gasteiger charge is -2.50. The van der Waals surface area contributed by atoms with Gasteiger partial charge < -0.3 is 24.6 Å². The smallest absolute Gasteiger partial charge is 0.255 e. The number of amides is 2. The van der Waals surface area contributed by atoms with Crippen molar-refractivity contribution in [2.75, 3.05) is 34.3 Å². The second-order valence-corrected chi connectivity index (χ2v) is 12.2. The largest absolute Gasteiger partial charge is 0.400 e. The number of rotatable bonds is 7. The van der Waals surface area contributed by atoms with Gasteiger partial charge in [-0.15, -0.1) is 0 Å². The summed E-state index contributed by atoms with van der Waals surface area (Å²) in [5.41, 5.74) is -0.318. The summed E-state index contributed by atoms with van der Waals surface area (Å²) in [6.45, 7) is 4.88. The fourth-order valence-corrected chi connectivity index (χ4v) is 6.08. The van der Waals surface area contributed by atoms with Gasteiger partial charge in [-0.3, -0.25) is 14.4 Å². The molecule has 2 aliphatic rings. The number of benzene rings is 1. The fourth-order valence-electron chi connectivity index (χ4n) is 6.08. The van der Waals surface area contributed by atoms with E-state index in [-0.39, 0.29) is 23.9 Å². The maximum Gasteiger partial charge on any atom is 0.255 e. The van der Waals surface area contributed by atoms with Crippen molar-refractivity contribution in [1.82, 2.24) is 14.4 Å². The van der Waals surface area contributed by atoms with Crippen molar-refractivity contribution in [2.45, 2.75) is 77.4 Å². The molecule has 2 N–H and O–H groups in total. The number of aromatic nitrogens is 1. The van der Waals surface area contributed by atoms with Gasteiger partial charge in [0, 0.05) is 64.0 Å². The van der Waals surface area contributed by atoms with Crippen molar-refractivity contribution in [2.24, 2.45) is 11.3 Å². The van der Waals surface area contributed by atoms with E-state index in [1.165, 1.54) is 47.6 Å². The monoisotopic (exact) mass is 553 g/mol. The summed E-state index contributed by atoms with van der Waals surface area (Å²) in [4.78, 5) is 42.8. The Balaban J connectivity index is 0.00000216. The molecule has 2 heterocycles. The molecule has 0 spiro atoms. The number of likely N-dealkylation sites (tertiary alicyclic amines) is 1. The van der Waals surface area contributed by atoms with Crippen LogP contribution in [0.15, 0.2) is 47.4 Å². The molecule has 8 heteroatoms. The minimum atomic E-state index is -1.20. The van der Waals surface area contributed by atoms with Crippen LogP contribution in [-0.2, 0) is 11.3 Å². The summed E-state index contributed by atoms with van der Waals surface area (Å²) >= 11 is 0. The molecule has 220 valence electrons. The van der Waals surface area contributed by atoms with Crippen LogP contribution in [0.1, 0.15) is 75.6 Å². The van der Waals surface area contributed by atoms with Crippen LogP contribution in [0, 0.1) is 11.3 Å². The van der Waals surface area contributed by atoms with E-state index >= 15 is 0 Å². The normalized spacial score (nSPS) is 20.8. The van der Waals surface area contributed by atoms with Gasteiger partial charge in [-0.05, 0) is 24.3 Å². The van der Waals surface area contributed by atoms with Gasteiger partial charge in [0.1, 0.15) is 0 Å². The molecule has 2 amide bonds. The summed E-state index contributed by atoms with van der Waals surface area (Å²) in [7, 11) is 4.37. The second kappa shape index (κ2) is 13.6. The topological polar surface area (TPSA) is 103 Å². The van der Waals surface area contributed by atoms with Crippen LogP contribution < -0.4 is 5.56 Å². The van der Waals surface area contributed by atoms with Gasteiger partial charge in [-0.25, -0.2) is 0 Å². The van der Waals surface area contributed by atoms with E-state index in [0.717, 1.165) is 19.1 Å². The van der Waals surface area contributed by atoms with E-state index in [1.807, 2.05) is 49.1 Å². The molecule has 2 fully saturated rings. The average Bonchev–Trinajstić information content (AvgIpc) is 2.95. The fraction of sp³-hybridized carbons (Fsp3) is 0.594. The maximum absolute atomic E-state index is 13.3. The van der Waals surface area contributed by atoms with E-state index in [9.17, 15) is 19.5 Å². The number of aliphatic hydroxyl groups is 2. The Hall–Kier alpha value is -2.97. The summed E-state index contributed by atoms with van der Waals surface area (Å²) in [5, 5.41) is 18.8. The van der Waals surface area contributed by atoms with Crippen LogP contribution in [0.25, 0.3) is 11.1 Å². The minimum absolute atomic E-state index is 0.0612. The molecule has 1 atom stereocenters. The van der Waals surface area contributed by atoms with Crippen molar-refractivity contribution in [3.8, 4) is 11.1 Å². The summed E-state index contributed by atoms with van der Waals surface area (Å²) in [6.07, 6.45) is 9.80. The number of hydrogen-bond donors (Lipinski definition) is 2. The van der Waals surface area contributed by atoms with Gasteiger partial charge in [0.2, 0.25) is 5.91 Å². The highest BCUT2D eigenvalue weighted by atomic mass is 16.3. The van der Waals surface area contributed by atoms with Crippen LogP contribution in [0.5, 0.6) is 0 Å². The molecule has 1 aliphatic heterocycles. The number of pyridine rings is 1. The molecule has 40 heavy (non-hydrogen) atoms. The first kappa shape index (κ1) is 31.6. The Kier molecular flexibility index (Phi) is 10.7. The third-order valence-corrected chi connectivity index (χ3v) is 8.76. The molecule has 4 rings (SSSR count). The van der Waals surface area contributed by atoms with Gasteiger partial charge in [-0.2, -0.15) is 0 Å². The molecule has 2 aromatic rings. The first-order valence-electron chi connectivity index (χ1n) is 14.5. The van der Waals surface area contributed by atoms with E-state index in [1.54, 1.807) is 20.3 Å². The third-order valence-electron chi connectivity index (χ3n) is 8.76. The predicted molar refractivity (Wildman–Crippen MR) is 158 cm³/mol. The van der Waals surface area contributed by atoms with Crippen molar-refractivity contribution in [3.05, 3.63) is 58.5 Å². The van der Waals surface area contributed by atoms with Crippen LogP contribution in [0.3, 0.4) is 0 Å². The lowest BCUT2D eigenvalue weighted by atomic mass is 9.69. The SMILES string of the molecule is CN(C)C(=O)c1cn(C[C@]2(O)CCN(C(=O)CCC3CCCCC3)CC2(C)C)c(=O)cc1-c1ccccc1.CO. The van der Waals surface area contributed by atoms with Gasteiger partial charge in [0.25, 0.3) is 11.5 Å². The third kappa shape index (κ3) is 7.21. The van der Waals surface area contributed by atoms with Crippen LogP contribution >= 0.6 is 0 Å². The Morgan fingerprint density at radius 2 is 1.70 bits per heavy atom. The van der Waals surface area contributed by atoms with Crippen molar-refractivity contribution in [1.29, 1.82) is 0 Å². The van der Waals surface area contributed by atoms with E-state index in [4.69, 9.17) is 5.11 Å². The first-order valence-corrected chi connectivity index (χ1v) is 14.5. The molecular formula is C32H47N3O5. The number of piperidine rings is 1. The number of hydrogen-bond acceptors (Lipinski definition) is 5. The minimum Gasteiger partial charge on any atom is -0.400 e. The lowest BCUT2D eigenvalue weighted by molar-refractivity contribution is -0.154. The molecule has 0 radical (unpaired) electrons. The van der Waals surface area contributed by atoms with Crippen LogP contribution in [-0.4, -0.2) is 76.3 Å². The number of nitrogens with zero attached hydrogens (tertiary/aromatic N) is 3. The molecule has 1 saturated carbocycles. The Morgan fingerprint density at radius 3 is 2.30 bits per heavy atom. The van der Waals surface area contributed by atoms with E-state index < -0.39 is 11.0 Å². The van der Waals surface area contributed by atoms with Gasteiger partial charge in [0.05, 0.1) is 17.7 Å². The second-order valence-electron chi connectivity index (χ2n) is 12.2. The molecule has 1 saturated heterocycles. The number of aliphatic hydroxyl groups excluding tert-OH is 1. The van der Waals surface area contributed by atoms with Crippen molar-refractivity contribution >= 4 is 11.8 Å². The Labute approximate surface area is 238 Å². The predicted octanol–water partition coefficient (Wildman–Crippen LogP) is 4.18. The number of carbonyl (C=O) groups is 2. The van der Waals surface area contributed by atoms with Crippen molar-refractivity contribution < 1.29 is 19.8 Å². The van der Waals surface area contributed by atoms with Gasteiger partial charge >= 0.3 is 0 Å². The summed E-state index contributed by atoms with van der Waals surface area (Å²) in [5.74, 6) is 0.614. The molecule has 0 bridgehead atoms. The Bertz CT molecular complexity index is 1200. The summed E-state index contributed by atoms with van der Waals surface area (Å²) in [6, 6.07) is 10.9. The highest BCUT2D eigenvalue weighted by Crippen LogP contribution is 2.40. The molecule has 1 aromatic carbocycles. The molecular weight excluding hydrogens is 506 g/mol. The highest BCUT2D eigenvalue weighted by molar-refractivity contribution is 6.00. The molecule has 1 aromatic heterocycles. The van der Waals surface area contributed by atoms with Crippen LogP contribution in [0.4, 0.5) is 0 Å². The molecule has 8 nitrogen and oxygen atoms in total. The van der Waals surface area contributed by atoms with Gasteiger partial charge in [-0.1, -0.05) is 76.3 Å².